The molecule has 0 N–H and O–H groups in total. The molecule has 0 nitrogen and oxygen atoms in total. The van der Waals surface area contributed by atoms with Gasteiger partial charge >= 0.3 is 0 Å². The van der Waals surface area contributed by atoms with E-state index in [4.69, 9.17) is 11.2 Å². The first kappa shape index (κ1) is 8.39. The summed E-state index contributed by atoms with van der Waals surface area (Å²) >= 11 is 7.73. The highest BCUT2D eigenvalue weighted by Gasteiger charge is 2.02. The molecule has 0 bridgehead atoms. The molecule has 0 amide bonds. The van der Waals surface area contributed by atoms with Gasteiger partial charge in [-0.1, -0.05) is 41.6 Å². The molecule has 0 aliphatic heterocycles. The molecule has 1 aromatic rings. The lowest BCUT2D eigenvalue weighted by molar-refractivity contribution is 1.78. The number of rotatable bonds is 2. The molecule has 10 heavy (non-hydrogen) atoms. The smallest absolute Gasteiger partial charge is 0.0804 e. The van der Waals surface area contributed by atoms with E-state index in [2.05, 4.69) is 12.1 Å². The summed E-state index contributed by atoms with van der Waals surface area (Å²) in [4.78, 5) is 0. The van der Waals surface area contributed by atoms with Crippen LogP contribution in [0.25, 0.3) is 0 Å². The van der Waals surface area contributed by atoms with Crippen LogP contribution in [-0.4, -0.2) is 6.26 Å². The van der Waals surface area contributed by atoms with Crippen molar-refractivity contribution in [3.63, 3.8) is 0 Å². The van der Waals surface area contributed by atoms with Gasteiger partial charge in [0.2, 0.25) is 0 Å². The van der Waals surface area contributed by atoms with Gasteiger partial charge in [0.15, 0.2) is 0 Å². The van der Waals surface area contributed by atoms with Crippen molar-refractivity contribution in [1.82, 2.24) is 0 Å². The lowest BCUT2D eigenvalue weighted by atomic mass is 10.4. The average Bonchev–Trinajstić information content (AvgIpc) is 2.05. The molecule has 0 radical (unpaired) electrons. The van der Waals surface area contributed by atoms with Crippen molar-refractivity contribution in [2.24, 2.45) is 0 Å². The first-order chi connectivity index (χ1) is 4.84. The third-order valence-corrected chi connectivity index (χ3v) is 5.57. The van der Waals surface area contributed by atoms with Gasteiger partial charge < -0.3 is 0 Å². The maximum Gasteiger partial charge on any atom is 0.0804 e. The Morgan fingerprint density at radius 3 is 2.40 bits per heavy atom. The van der Waals surface area contributed by atoms with E-state index in [0.717, 1.165) is 0 Å². The van der Waals surface area contributed by atoms with Crippen LogP contribution in [0.3, 0.4) is 0 Å². The summed E-state index contributed by atoms with van der Waals surface area (Å²) in [7, 11) is 0. The lowest BCUT2D eigenvalue weighted by Gasteiger charge is -2.03. The molecule has 0 aromatic heterocycles. The Morgan fingerprint density at radius 1 is 1.30 bits per heavy atom. The van der Waals surface area contributed by atoms with Gasteiger partial charge in [0.1, 0.15) is 0 Å². The van der Waals surface area contributed by atoms with Crippen molar-refractivity contribution in [2.45, 2.75) is 0 Å². The summed E-state index contributed by atoms with van der Waals surface area (Å²) < 4.78 is 0. The number of halogens is 1. The van der Waals surface area contributed by atoms with Crippen molar-refractivity contribution in [1.29, 1.82) is 0 Å². The Balaban J connectivity index is 2.75. The largest absolute Gasteiger partial charge is 0.117 e. The fourth-order valence-electron chi connectivity index (χ4n) is 0.651. The highest BCUT2D eigenvalue weighted by Crippen LogP contribution is 2.51. The van der Waals surface area contributed by atoms with Crippen LogP contribution in [0.1, 0.15) is 0 Å². The summed E-state index contributed by atoms with van der Waals surface area (Å²) in [6.45, 7) is -0.485. The molecule has 0 spiro atoms. The highest BCUT2D eigenvalue weighted by molar-refractivity contribution is 8.64. The van der Waals surface area contributed by atoms with Crippen LogP contribution in [0.5, 0.6) is 0 Å². The molecule has 0 fully saturated rings. The lowest BCUT2D eigenvalue weighted by Crippen LogP contribution is -1.91. The van der Waals surface area contributed by atoms with Gasteiger partial charge in [0, 0.05) is 5.30 Å². The molecule has 0 saturated carbocycles. The van der Waals surface area contributed by atoms with E-state index >= 15 is 0 Å². The fraction of sp³-hybridized carbons (Fsp3) is 0.143. The third-order valence-electron chi connectivity index (χ3n) is 1.12. The Hall–Kier alpha value is 0.290. The second kappa shape index (κ2) is 4.23. The van der Waals surface area contributed by atoms with Gasteiger partial charge in [-0.05, 0) is 6.26 Å². The van der Waals surface area contributed by atoms with Gasteiger partial charge in [-0.3, -0.25) is 0 Å². The maximum atomic E-state index is 6.02. The summed E-state index contributed by atoms with van der Waals surface area (Å²) in [5.74, 6) is 0. The second-order valence-corrected chi connectivity index (χ2v) is 6.94. The van der Waals surface area contributed by atoms with Gasteiger partial charge in [0.05, 0.1) is 6.48 Å². The molecule has 0 saturated heterocycles. The Bertz CT molecular complexity index is 190. The minimum absolute atomic E-state index is 0.485. The minimum Gasteiger partial charge on any atom is -0.117 e. The molecule has 1 unspecified atom stereocenters. The van der Waals surface area contributed by atoms with Gasteiger partial charge in [-0.25, -0.2) is 0 Å². The molecule has 0 heterocycles. The highest BCUT2D eigenvalue weighted by atomic mass is 35.7. The van der Waals surface area contributed by atoms with Crippen molar-refractivity contribution < 1.29 is 0 Å². The van der Waals surface area contributed by atoms with Crippen LogP contribution in [0.2, 0.25) is 0 Å². The van der Waals surface area contributed by atoms with Gasteiger partial charge in [-0.2, -0.15) is 0 Å². The molecule has 54 valence electrons. The summed E-state index contributed by atoms with van der Waals surface area (Å²) in [6, 6.07) is 10.2. The van der Waals surface area contributed by atoms with Gasteiger partial charge in [0.25, 0.3) is 0 Å². The van der Waals surface area contributed by atoms with E-state index in [9.17, 15) is 0 Å². The molecular weight excluding hydrogens is 183 g/mol. The molecule has 3 heteroatoms. The number of hydrogen-bond acceptors (Lipinski definition) is 1. The summed E-state index contributed by atoms with van der Waals surface area (Å²) in [5, 5.41) is 1.24. The van der Waals surface area contributed by atoms with E-state index in [1.165, 1.54) is 5.30 Å². The third kappa shape index (κ3) is 2.16. The molecule has 0 aliphatic rings. The standard InChI is InChI=1S/C7H8ClPS/c1-10-9(8)7-5-3-2-4-6-7/h2-6H,1H3. The maximum absolute atomic E-state index is 6.02. The predicted octanol–water partition coefficient (Wildman–Crippen LogP) is 3.23. The molecule has 1 rings (SSSR count). The first-order valence-electron chi connectivity index (χ1n) is 2.89. The summed E-state index contributed by atoms with van der Waals surface area (Å²) in [6.07, 6.45) is 2.03. The first-order valence-corrected chi connectivity index (χ1v) is 6.97. The second-order valence-electron chi connectivity index (χ2n) is 1.76. The average molecular weight is 191 g/mol. The zero-order valence-electron chi connectivity index (χ0n) is 5.62. The number of hydrogen-bond donors (Lipinski definition) is 0. The van der Waals surface area contributed by atoms with Crippen molar-refractivity contribution in [3.8, 4) is 0 Å². The number of benzene rings is 1. The Kier molecular flexibility index (Phi) is 3.55. The zero-order valence-corrected chi connectivity index (χ0v) is 8.09. The van der Waals surface area contributed by atoms with Crippen LogP contribution in [-0.2, 0) is 0 Å². The summed E-state index contributed by atoms with van der Waals surface area (Å²) in [5.41, 5.74) is 0. The predicted molar refractivity (Wildman–Crippen MR) is 52.4 cm³/mol. The van der Waals surface area contributed by atoms with E-state index in [1.807, 2.05) is 24.5 Å². The van der Waals surface area contributed by atoms with E-state index in [1.54, 1.807) is 11.4 Å². The van der Waals surface area contributed by atoms with Crippen LogP contribution in [0.15, 0.2) is 30.3 Å². The van der Waals surface area contributed by atoms with E-state index in [-0.39, 0.29) is 0 Å². The topological polar surface area (TPSA) is 0 Å². The molecular formula is C7H8ClPS. The Labute approximate surface area is 71.3 Å². The Morgan fingerprint density at radius 2 is 1.90 bits per heavy atom. The normalized spacial score (nSPS) is 13.0. The molecule has 1 atom stereocenters. The van der Waals surface area contributed by atoms with Crippen LogP contribution in [0.4, 0.5) is 0 Å². The zero-order chi connectivity index (χ0) is 7.40. The van der Waals surface area contributed by atoms with Crippen molar-refractivity contribution >= 4 is 34.4 Å². The molecule has 1 aromatic carbocycles. The van der Waals surface area contributed by atoms with E-state index < -0.39 is 6.48 Å². The van der Waals surface area contributed by atoms with E-state index in [0.29, 0.717) is 0 Å². The quantitative estimate of drug-likeness (QED) is 0.646. The van der Waals surface area contributed by atoms with Crippen molar-refractivity contribution in [2.75, 3.05) is 6.26 Å². The minimum atomic E-state index is -0.485. The van der Waals surface area contributed by atoms with Gasteiger partial charge in [-0.15, -0.1) is 11.4 Å². The van der Waals surface area contributed by atoms with Crippen molar-refractivity contribution in [3.05, 3.63) is 30.3 Å². The van der Waals surface area contributed by atoms with Crippen LogP contribution < -0.4 is 5.30 Å². The van der Waals surface area contributed by atoms with Crippen LogP contribution >= 0.6 is 29.1 Å². The SMILES string of the molecule is CSP(Cl)c1ccccc1. The van der Waals surface area contributed by atoms with Crippen LogP contribution in [0, 0.1) is 0 Å². The molecule has 0 aliphatic carbocycles. The fourth-order valence-corrected chi connectivity index (χ4v) is 2.60. The monoisotopic (exact) mass is 190 g/mol.